The smallest absolute Gasteiger partial charge is 0.172 e. The molecule has 2 aromatic rings. The highest BCUT2D eigenvalue weighted by atomic mass is 16.7. The van der Waals surface area contributed by atoms with E-state index in [1.165, 1.54) is 16.7 Å². The lowest BCUT2D eigenvalue weighted by Gasteiger charge is -2.59. The number of nitriles is 1. The fourth-order valence-electron chi connectivity index (χ4n) is 9.43. The van der Waals surface area contributed by atoms with Crippen molar-refractivity contribution in [2.75, 3.05) is 13.2 Å². The number of hydrogen-bond acceptors (Lipinski definition) is 5. The van der Waals surface area contributed by atoms with Crippen LogP contribution in [-0.4, -0.2) is 34.7 Å². The van der Waals surface area contributed by atoms with Gasteiger partial charge in [-0.2, -0.15) is 5.26 Å². The van der Waals surface area contributed by atoms with Crippen LogP contribution in [0.4, 0.5) is 0 Å². The van der Waals surface area contributed by atoms with Crippen LogP contribution in [0, 0.1) is 40.4 Å². The quantitative estimate of drug-likeness (QED) is 0.484. The number of ether oxygens (including phenoxy) is 2. The van der Waals surface area contributed by atoms with E-state index in [4.69, 9.17) is 9.47 Å². The van der Waals surface area contributed by atoms with Gasteiger partial charge in [0.05, 0.1) is 31.3 Å². The highest BCUT2D eigenvalue weighted by Crippen LogP contribution is 2.68. The number of benzene rings is 1. The molecule has 1 spiro atoms. The summed E-state index contributed by atoms with van der Waals surface area (Å²) in [6, 6.07) is 15.5. The summed E-state index contributed by atoms with van der Waals surface area (Å²) >= 11 is 0. The fourth-order valence-corrected chi connectivity index (χ4v) is 9.43. The number of allylic oxidation sites excluding steroid dienone is 1. The van der Waals surface area contributed by atoms with Gasteiger partial charge < -0.3 is 14.6 Å². The first kappa shape index (κ1) is 24.5. The molecule has 38 heavy (non-hydrogen) atoms. The van der Waals surface area contributed by atoms with Gasteiger partial charge >= 0.3 is 0 Å². The van der Waals surface area contributed by atoms with Gasteiger partial charge in [0.25, 0.3) is 0 Å². The van der Waals surface area contributed by atoms with E-state index >= 15 is 0 Å². The molecule has 5 aliphatic rings. The molecule has 5 nitrogen and oxygen atoms in total. The van der Waals surface area contributed by atoms with Crippen LogP contribution in [0.3, 0.4) is 0 Å². The summed E-state index contributed by atoms with van der Waals surface area (Å²) in [5.74, 6) is 1.99. The van der Waals surface area contributed by atoms with Gasteiger partial charge in [-0.3, -0.25) is 4.98 Å². The molecule has 1 aliphatic heterocycles. The van der Waals surface area contributed by atoms with E-state index in [0.717, 1.165) is 50.5 Å². The summed E-state index contributed by atoms with van der Waals surface area (Å²) in [7, 11) is 0. The maximum absolute atomic E-state index is 11.9. The first-order valence-corrected chi connectivity index (χ1v) is 14.5. The van der Waals surface area contributed by atoms with E-state index in [0.29, 0.717) is 42.8 Å². The molecule has 3 saturated carbocycles. The van der Waals surface area contributed by atoms with Crippen molar-refractivity contribution < 1.29 is 14.6 Å². The van der Waals surface area contributed by atoms with E-state index in [-0.39, 0.29) is 11.8 Å². The van der Waals surface area contributed by atoms with Gasteiger partial charge in [0.1, 0.15) is 0 Å². The largest absolute Gasteiger partial charge is 0.388 e. The Labute approximate surface area is 225 Å². The molecule has 4 aliphatic carbocycles. The number of pyridine rings is 1. The zero-order valence-electron chi connectivity index (χ0n) is 22.3. The normalized spacial score (nSPS) is 39.1. The number of rotatable bonds is 3. The van der Waals surface area contributed by atoms with E-state index in [1.54, 1.807) is 0 Å². The van der Waals surface area contributed by atoms with Gasteiger partial charge in [-0.1, -0.05) is 48.9 Å². The minimum atomic E-state index is -0.905. The highest BCUT2D eigenvalue weighted by molar-refractivity contribution is 5.62. The zero-order chi connectivity index (χ0) is 26.0. The van der Waals surface area contributed by atoms with Crippen LogP contribution in [0.15, 0.2) is 60.4 Å². The molecule has 7 rings (SSSR count). The fraction of sp³-hybridized carbons (Fsp3) is 0.576. The zero-order valence-corrected chi connectivity index (χ0v) is 22.3. The van der Waals surface area contributed by atoms with Crippen molar-refractivity contribution in [2.24, 2.45) is 29.1 Å². The second-order valence-electron chi connectivity index (χ2n) is 12.8. The van der Waals surface area contributed by atoms with Crippen molar-refractivity contribution in [3.05, 3.63) is 66.0 Å². The number of nitrogens with zero attached hydrogens (tertiary/aromatic N) is 2. The Hall–Kier alpha value is -2.52. The topological polar surface area (TPSA) is 75.4 Å². The summed E-state index contributed by atoms with van der Waals surface area (Å²) in [5.41, 5.74) is 4.05. The molecule has 4 fully saturated rings. The van der Waals surface area contributed by atoms with Crippen LogP contribution in [0.25, 0.3) is 11.1 Å². The van der Waals surface area contributed by atoms with E-state index in [2.05, 4.69) is 54.4 Å². The van der Waals surface area contributed by atoms with Crippen molar-refractivity contribution >= 4 is 0 Å². The lowest BCUT2D eigenvalue weighted by Crippen LogP contribution is -2.55. The van der Waals surface area contributed by atoms with Crippen LogP contribution >= 0.6 is 0 Å². The second-order valence-corrected chi connectivity index (χ2v) is 12.8. The van der Waals surface area contributed by atoms with Crippen molar-refractivity contribution in [1.82, 2.24) is 4.98 Å². The molecule has 198 valence electrons. The molecule has 0 unspecified atom stereocenters. The van der Waals surface area contributed by atoms with E-state index in [9.17, 15) is 10.4 Å². The molecule has 1 aromatic carbocycles. The molecule has 1 saturated heterocycles. The summed E-state index contributed by atoms with van der Waals surface area (Å²) in [6.07, 6.45) is 13.2. The molecule has 0 radical (unpaired) electrons. The van der Waals surface area contributed by atoms with E-state index in [1.807, 2.05) is 18.5 Å². The first-order valence-electron chi connectivity index (χ1n) is 14.5. The number of fused-ring (bicyclic) bond motifs is 5. The molecule has 0 amide bonds. The predicted molar refractivity (Wildman–Crippen MR) is 145 cm³/mol. The van der Waals surface area contributed by atoms with Gasteiger partial charge in [0, 0.05) is 30.7 Å². The average Bonchev–Trinajstić information content (AvgIpc) is 3.50. The molecule has 5 heteroatoms. The second kappa shape index (κ2) is 9.01. The third kappa shape index (κ3) is 3.64. The Morgan fingerprint density at radius 1 is 1.05 bits per heavy atom. The Bertz CT molecular complexity index is 1260. The Morgan fingerprint density at radius 2 is 1.87 bits per heavy atom. The highest BCUT2D eigenvalue weighted by Gasteiger charge is 2.64. The molecule has 1 aromatic heterocycles. The Balaban J connectivity index is 1.28. The van der Waals surface area contributed by atoms with Crippen LogP contribution < -0.4 is 0 Å². The first-order chi connectivity index (χ1) is 18.5. The average molecular weight is 511 g/mol. The van der Waals surface area contributed by atoms with Crippen molar-refractivity contribution in [1.29, 1.82) is 5.26 Å². The van der Waals surface area contributed by atoms with Crippen LogP contribution in [0.5, 0.6) is 0 Å². The number of aliphatic hydroxyl groups is 1. The molecule has 0 bridgehead atoms. The maximum atomic E-state index is 11.9. The lowest BCUT2D eigenvalue weighted by atomic mass is 9.47. The summed E-state index contributed by atoms with van der Waals surface area (Å²) in [4.78, 5) is 4.30. The van der Waals surface area contributed by atoms with Crippen molar-refractivity contribution in [2.45, 2.75) is 75.6 Å². The maximum Gasteiger partial charge on any atom is 0.172 e. The van der Waals surface area contributed by atoms with Gasteiger partial charge in [-0.25, -0.2) is 0 Å². The monoisotopic (exact) mass is 510 g/mol. The van der Waals surface area contributed by atoms with Gasteiger partial charge in [-0.15, -0.1) is 0 Å². The minimum Gasteiger partial charge on any atom is -0.388 e. The van der Waals surface area contributed by atoms with Crippen LogP contribution in [0.2, 0.25) is 0 Å². The van der Waals surface area contributed by atoms with Gasteiger partial charge in [-0.05, 0) is 84.5 Å². The van der Waals surface area contributed by atoms with Crippen LogP contribution in [0.1, 0.15) is 69.8 Å². The summed E-state index contributed by atoms with van der Waals surface area (Å²) in [6.45, 7) is 3.70. The van der Waals surface area contributed by atoms with Gasteiger partial charge in [0.15, 0.2) is 5.79 Å². The molecule has 7 atom stereocenters. The Kier molecular flexibility index (Phi) is 5.82. The molecule has 1 N–H and O–H groups in total. The third-order valence-corrected chi connectivity index (χ3v) is 11.3. The van der Waals surface area contributed by atoms with E-state index < -0.39 is 11.4 Å². The van der Waals surface area contributed by atoms with Crippen molar-refractivity contribution in [3.8, 4) is 17.2 Å². The SMILES string of the molecule is C[C@]12C[C@H](c3ccc(-c4cccnc4)cc3)[C@H]3[C@@H](CC=C4CC5(CC[C@@H]43)OCCO5)[C@@H]1CC[C@@]2(O)CC#N. The minimum absolute atomic E-state index is 0.228. The predicted octanol–water partition coefficient (Wildman–Crippen LogP) is 6.40. The summed E-state index contributed by atoms with van der Waals surface area (Å²) in [5, 5.41) is 21.5. The molecular weight excluding hydrogens is 472 g/mol. The summed E-state index contributed by atoms with van der Waals surface area (Å²) < 4.78 is 12.3. The Morgan fingerprint density at radius 3 is 2.61 bits per heavy atom. The van der Waals surface area contributed by atoms with Crippen molar-refractivity contribution in [3.63, 3.8) is 0 Å². The third-order valence-electron chi connectivity index (χ3n) is 11.3. The molecule has 2 heterocycles. The number of hydrogen-bond donors (Lipinski definition) is 1. The van der Waals surface area contributed by atoms with Gasteiger partial charge in [0.2, 0.25) is 0 Å². The standard InChI is InChI=1S/C33H38N2O3/c1-31-20-28(23-6-4-22(5-7-23)25-3-2-16-35-21-25)30-26-10-13-33(37-17-18-38-33)19-24(26)8-9-27(30)29(31)11-12-32(31,36)14-15-34/h2-8,16,21,26-30,36H,9-14,17-20H2,1H3/t26-,27-,28+,29-,30+,31-,32+/m0/s1. The molecular formula is C33H38N2O3. The number of aromatic nitrogens is 1. The van der Waals surface area contributed by atoms with Crippen LogP contribution in [-0.2, 0) is 9.47 Å². The lowest BCUT2D eigenvalue weighted by molar-refractivity contribution is -0.179.